The second-order valence-corrected chi connectivity index (χ2v) is 9.16. The fraction of sp³-hybridized carbons (Fsp3) is 1.00. The van der Waals surface area contributed by atoms with E-state index in [1.165, 1.54) is 0 Å². The fourth-order valence-corrected chi connectivity index (χ4v) is 3.90. The van der Waals surface area contributed by atoms with Gasteiger partial charge in [-0.25, -0.2) is 0 Å². The molecule has 94 valence electrons. The van der Waals surface area contributed by atoms with Gasteiger partial charge in [0.25, 0.3) is 0 Å². The standard InChI is InChI=1S/C11H21BBr2O2/c1-8-6-11(4,5)16-12(15-8)9(13)7-10(2,3)14/h8-9H,6-7H2,1-5H3. The molecule has 0 aliphatic carbocycles. The van der Waals surface area contributed by atoms with E-state index in [4.69, 9.17) is 9.31 Å². The third-order valence-corrected chi connectivity index (χ3v) is 3.64. The molecule has 0 radical (unpaired) electrons. The quantitative estimate of drug-likeness (QED) is 0.564. The first kappa shape index (κ1) is 15.0. The summed E-state index contributed by atoms with van der Waals surface area (Å²) >= 11 is 7.32. The predicted octanol–water partition coefficient (Wildman–Crippen LogP) is 3.94. The van der Waals surface area contributed by atoms with Gasteiger partial charge >= 0.3 is 7.12 Å². The monoisotopic (exact) mass is 354 g/mol. The molecular formula is C11H21BBr2O2. The van der Waals surface area contributed by atoms with Crippen molar-refractivity contribution in [3.05, 3.63) is 0 Å². The molecular weight excluding hydrogens is 335 g/mol. The first-order valence-corrected chi connectivity index (χ1v) is 7.46. The number of hydrogen-bond donors (Lipinski definition) is 0. The van der Waals surface area contributed by atoms with Crippen molar-refractivity contribution in [2.24, 2.45) is 0 Å². The molecule has 1 heterocycles. The average molecular weight is 356 g/mol. The van der Waals surface area contributed by atoms with E-state index in [-0.39, 0.29) is 27.9 Å². The Morgan fingerprint density at radius 1 is 1.50 bits per heavy atom. The summed E-state index contributed by atoms with van der Waals surface area (Å²) in [5.74, 6) is 0. The van der Waals surface area contributed by atoms with E-state index in [0.717, 1.165) is 12.8 Å². The Morgan fingerprint density at radius 3 is 2.50 bits per heavy atom. The largest absolute Gasteiger partial charge is 0.472 e. The highest BCUT2D eigenvalue weighted by molar-refractivity contribution is 9.10. The summed E-state index contributed by atoms with van der Waals surface area (Å²) in [6, 6.07) is 0. The van der Waals surface area contributed by atoms with Crippen LogP contribution in [0.5, 0.6) is 0 Å². The summed E-state index contributed by atoms with van der Waals surface area (Å²) in [6.45, 7) is 10.7. The molecule has 0 spiro atoms. The maximum atomic E-state index is 5.96. The Labute approximate surface area is 116 Å². The number of alkyl halides is 2. The van der Waals surface area contributed by atoms with Gasteiger partial charge in [-0.2, -0.15) is 0 Å². The van der Waals surface area contributed by atoms with E-state index >= 15 is 0 Å². The average Bonchev–Trinajstić information content (AvgIpc) is 1.96. The Kier molecular flexibility index (Phi) is 4.96. The van der Waals surface area contributed by atoms with Crippen molar-refractivity contribution in [2.45, 2.75) is 68.2 Å². The number of rotatable bonds is 3. The molecule has 0 aromatic carbocycles. The van der Waals surface area contributed by atoms with Gasteiger partial charge in [-0.05, 0) is 33.6 Å². The van der Waals surface area contributed by atoms with Gasteiger partial charge in [0.15, 0.2) is 0 Å². The molecule has 5 heteroatoms. The zero-order valence-corrected chi connectivity index (χ0v) is 13.9. The maximum absolute atomic E-state index is 5.96. The van der Waals surface area contributed by atoms with Crippen LogP contribution in [0, 0.1) is 0 Å². The molecule has 16 heavy (non-hydrogen) atoms. The maximum Gasteiger partial charge on any atom is 0.472 e. The van der Waals surface area contributed by atoms with E-state index in [2.05, 4.69) is 66.5 Å². The molecule has 1 saturated heterocycles. The van der Waals surface area contributed by atoms with Crippen LogP contribution in [0.2, 0.25) is 0 Å². The van der Waals surface area contributed by atoms with Crippen molar-refractivity contribution >= 4 is 39.0 Å². The second-order valence-electron chi connectivity index (χ2n) is 5.84. The fourth-order valence-electron chi connectivity index (χ4n) is 2.08. The molecule has 2 atom stereocenters. The van der Waals surface area contributed by atoms with Crippen LogP contribution in [0.1, 0.15) is 47.5 Å². The van der Waals surface area contributed by atoms with Crippen LogP contribution in [-0.2, 0) is 9.31 Å². The third-order valence-electron chi connectivity index (χ3n) is 2.56. The van der Waals surface area contributed by atoms with Crippen molar-refractivity contribution in [1.82, 2.24) is 0 Å². The van der Waals surface area contributed by atoms with Crippen molar-refractivity contribution in [2.75, 3.05) is 0 Å². The van der Waals surface area contributed by atoms with Crippen LogP contribution < -0.4 is 0 Å². The van der Waals surface area contributed by atoms with Crippen LogP contribution in [0.15, 0.2) is 0 Å². The van der Waals surface area contributed by atoms with Gasteiger partial charge in [-0.15, -0.1) is 0 Å². The topological polar surface area (TPSA) is 18.5 Å². The van der Waals surface area contributed by atoms with Gasteiger partial charge in [0.1, 0.15) is 0 Å². The lowest BCUT2D eigenvalue weighted by molar-refractivity contribution is -0.0295. The van der Waals surface area contributed by atoms with E-state index in [9.17, 15) is 0 Å². The summed E-state index contributed by atoms with van der Waals surface area (Å²) in [7, 11) is -0.157. The highest BCUT2D eigenvalue weighted by Gasteiger charge is 2.42. The molecule has 1 fully saturated rings. The SMILES string of the molecule is CC1CC(C)(C)OB(C(Br)CC(C)(C)Br)O1. The van der Waals surface area contributed by atoms with Gasteiger partial charge < -0.3 is 9.31 Å². The molecule has 1 aliphatic rings. The van der Waals surface area contributed by atoms with Crippen LogP contribution in [0.25, 0.3) is 0 Å². The summed E-state index contributed by atoms with van der Waals surface area (Å²) in [5.41, 5.74) is -0.0925. The van der Waals surface area contributed by atoms with E-state index < -0.39 is 0 Å². The second kappa shape index (κ2) is 5.29. The molecule has 0 saturated carbocycles. The van der Waals surface area contributed by atoms with Crippen molar-refractivity contribution in [1.29, 1.82) is 0 Å². The lowest BCUT2D eigenvalue weighted by Crippen LogP contribution is -2.50. The van der Waals surface area contributed by atoms with Gasteiger partial charge in [-0.1, -0.05) is 45.7 Å². The predicted molar refractivity (Wildman–Crippen MR) is 76.4 cm³/mol. The highest BCUT2D eigenvalue weighted by Crippen LogP contribution is 2.33. The molecule has 0 aromatic heterocycles. The molecule has 2 unspecified atom stereocenters. The molecule has 0 aromatic rings. The highest BCUT2D eigenvalue weighted by atomic mass is 79.9. The zero-order valence-electron chi connectivity index (χ0n) is 10.7. The summed E-state index contributed by atoms with van der Waals surface area (Å²) in [4.78, 5) is 0. The molecule has 1 aliphatic heterocycles. The minimum atomic E-state index is -0.157. The van der Waals surface area contributed by atoms with Crippen LogP contribution in [0.3, 0.4) is 0 Å². The third kappa shape index (κ3) is 5.07. The molecule has 2 nitrogen and oxygen atoms in total. The summed E-state index contributed by atoms with van der Waals surface area (Å²) < 4.78 is 12.1. The van der Waals surface area contributed by atoms with Crippen molar-refractivity contribution in [3.63, 3.8) is 0 Å². The Hall–Kier alpha value is 0.945. The van der Waals surface area contributed by atoms with Crippen molar-refractivity contribution < 1.29 is 9.31 Å². The van der Waals surface area contributed by atoms with Crippen LogP contribution in [0.4, 0.5) is 0 Å². The number of hydrogen-bond acceptors (Lipinski definition) is 2. The van der Waals surface area contributed by atoms with Gasteiger partial charge in [0, 0.05) is 10.4 Å². The van der Waals surface area contributed by atoms with E-state index in [1.807, 2.05) is 0 Å². The van der Waals surface area contributed by atoms with Gasteiger partial charge in [0.05, 0.1) is 10.3 Å². The normalized spacial score (nSPS) is 27.9. The first-order valence-electron chi connectivity index (χ1n) is 5.75. The van der Waals surface area contributed by atoms with Crippen molar-refractivity contribution in [3.8, 4) is 0 Å². The molecule has 0 amide bonds. The minimum absolute atomic E-state index is 0.0925. The van der Waals surface area contributed by atoms with Crippen LogP contribution in [-0.4, -0.2) is 27.9 Å². The molecule has 0 N–H and O–H groups in total. The first-order chi connectivity index (χ1) is 7.09. The summed E-state index contributed by atoms with van der Waals surface area (Å²) in [5, 5.41) is 0. The lowest BCUT2D eigenvalue weighted by Gasteiger charge is -2.40. The smallest absolute Gasteiger partial charge is 0.408 e. The van der Waals surface area contributed by atoms with E-state index in [1.54, 1.807) is 0 Å². The Morgan fingerprint density at radius 2 is 2.06 bits per heavy atom. The molecule has 0 bridgehead atoms. The zero-order chi connectivity index (χ0) is 12.6. The van der Waals surface area contributed by atoms with Gasteiger partial charge in [-0.3, -0.25) is 0 Å². The Balaban J connectivity index is 2.59. The van der Waals surface area contributed by atoms with Gasteiger partial charge in [0.2, 0.25) is 0 Å². The molecule has 1 rings (SSSR count). The Bertz CT molecular complexity index is 241. The minimum Gasteiger partial charge on any atom is -0.408 e. The van der Waals surface area contributed by atoms with E-state index in [0.29, 0.717) is 0 Å². The number of halogens is 2. The lowest BCUT2D eigenvalue weighted by atomic mass is 9.76. The van der Waals surface area contributed by atoms with Crippen LogP contribution >= 0.6 is 31.9 Å². The summed E-state index contributed by atoms with van der Waals surface area (Å²) in [6.07, 6.45) is 2.16.